The van der Waals surface area contributed by atoms with Gasteiger partial charge in [0.15, 0.2) is 0 Å². The van der Waals surface area contributed by atoms with Crippen molar-refractivity contribution in [1.29, 1.82) is 0 Å². The molecule has 0 aliphatic carbocycles. The number of carbonyl (C=O) groups excluding carboxylic acids is 1. The Morgan fingerprint density at radius 1 is 1.17 bits per heavy atom. The maximum absolute atomic E-state index is 13.6. The Balaban J connectivity index is 1.90. The lowest BCUT2D eigenvalue weighted by molar-refractivity contribution is 0.102. The molecule has 0 saturated heterocycles. The Kier molecular flexibility index (Phi) is 4.07. The molecule has 7 heteroatoms. The van der Waals surface area contributed by atoms with Crippen LogP contribution in [0.5, 0.6) is 0 Å². The van der Waals surface area contributed by atoms with Crippen molar-refractivity contribution in [2.45, 2.75) is 13.8 Å². The molecule has 2 aromatic heterocycles. The molecule has 1 aromatic carbocycles. The molecular formula is C17H13F2N3O2. The fourth-order valence-corrected chi connectivity index (χ4v) is 2.33. The molecular weight excluding hydrogens is 316 g/mol. The number of carbonyl (C=O) groups is 1. The summed E-state index contributed by atoms with van der Waals surface area (Å²) in [6.45, 7) is 3.52. The predicted molar refractivity (Wildman–Crippen MR) is 83.5 cm³/mol. The SMILES string of the molecule is Cc1noc(C)c1-c1cccc(C(=O)Nc2ccc(F)cc2F)n1. The molecule has 3 rings (SSSR count). The lowest BCUT2D eigenvalue weighted by Crippen LogP contribution is -2.15. The second-order valence-electron chi connectivity index (χ2n) is 5.19. The highest BCUT2D eigenvalue weighted by atomic mass is 19.1. The van der Waals surface area contributed by atoms with Crippen molar-refractivity contribution in [3.8, 4) is 11.3 Å². The second-order valence-corrected chi connectivity index (χ2v) is 5.19. The molecule has 0 bridgehead atoms. The third-order valence-electron chi connectivity index (χ3n) is 3.45. The van der Waals surface area contributed by atoms with Gasteiger partial charge in [0.2, 0.25) is 0 Å². The highest BCUT2D eigenvalue weighted by Crippen LogP contribution is 2.25. The molecule has 5 nitrogen and oxygen atoms in total. The maximum atomic E-state index is 13.6. The number of aromatic nitrogens is 2. The summed E-state index contributed by atoms with van der Waals surface area (Å²) in [4.78, 5) is 16.5. The Bertz CT molecular complexity index is 902. The topological polar surface area (TPSA) is 68.0 Å². The van der Waals surface area contributed by atoms with Crippen LogP contribution >= 0.6 is 0 Å². The Morgan fingerprint density at radius 2 is 1.96 bits per heavy atom. The summed E-state index contributed by atoms with van der Waals surface area (Å²) in [5.74, 6) is -1.59. The van der Waals surface area contributed by atoms with Crippen LogP contribution in [0, 0.1) is 25.5 Å². The molecule has 0 fully saturated rings. The number of aryl methyl sites for hydroxylation is 2. The van der Waals surface area contributed by atoms with Gasteiger partial charge in [0.1, 0.15) is 23.1 Å². The van der Waals surface area contributed by atoms with Crippen LogP contribution in [-0.2, 0) is 0 Å². The number of nitrogens with zero attached hydrogens (tertiary/aromatic N) is 2. The van der Waals surface area contributed by atoms with Crippen molar-refractivity contribution in [2.24, 2.45) is 0 Å². The van der Waals surface area contributed by atoms with E-state index in [0.29, 0.717) is 28.8 Å². The minimum atomic E-state index is -0.856. The van der Waals surface area contributed by atoms with Gasteiger partial charge in [-0.25, -0.2) is 13.8 Å². The van der Waals surface area contributed by atoms with Crippen molar-refractivity contribution in [3.63, 3.8) is 0 Å². The summed E-state index contributed by atoms with van der Waals surface area (Å²) >= 11 is 0. The second kappa shape index (κ2) is 6.19. The summed E-state index contributed by atoms with van der Waals surface area (Å²) in [6.07, 6.45) is 0. The number of nitrogens with one attached hydrogen (secondary N) is 1. The number of halogens is 2. The number of benzene rings is 1. The molecule has 0 aliphatic rings. The smallest absolute Gasteiger partial charge is 0.274 e. The molecule has 24 heavy (non-hydrogen) atoms. The lowest BCUT2D eigenvalue weighted by Gasteiger charge is -2.07. The molecule has 1 amide bonds. The third kappa shape index (κ3) is 3.01. The molecule has 3 aromatic rings. The van der Waals surface area contributed by atoms with Gasteiger partial charge in [-0.1, -0.05) is 11.2 Å². The van der Waals surface area contributed by atoms with E-state index in [4.69, 9.17) is 4.52 Å². The van der Waals surface area contributed by atoms with Gasteiger partial charge in [-0.2, -0.15) is 0 Å². The number of hydrogen-bond acceptors (Lipinski definition) is 4. The number of hydrogen-bond donors (Lipinski definition) is 1. The molecule has 0 spiro atoms. The monoisotopic (exact) mass is 329 g/mol. The number of rotatable bonds is 3. The van der Waals surface area contributed by atoms with Gasteiger partial charge in [-0.05, 0) is 38.1 Å². The van der Waals surface area contributed by atoms with E-state index in [0.717, 1.165) is 12.1 Å². The predicted octanol–water partition coefficient (Wildman–Crippen LogP) is 3.88. The first-order chi connectivity index (χ1) is 11.5. The quantitative estimate of drug-likeness (QED) is 0.792. The van der Waals surface area contributed by atoms with Gasteiger partial charge in [0.25, 0.3) is 5.91 Å². The van der Waals surface area contributed by atoms with Gasteiger partial charge in [-0.15, -0.1) is 0 Å². The minimum absolute atomic E-state index is 0.0937. The van der Waals surface area contributed by atoms with Crippen LogP contribution in [-0.4, -0.2) is 16.0 Å². The highest BCUT2D eigenvalue weighted by molar-refractivity contribution is 6.03. The summed E-state index contributed by atoms with van der Waals surface area (Å²) < 4.78 is 31.6. The van der Waals surface area contributed by atoms with Crippen molar-refractivity contribution in [1.82, 2.24) is 10.1 Å². The van der Waals surface area contributed by atoms with E-state index in [1.807, 2.05) is 0 Å². The van der Waals surface area contributed by atoms with E-state index < -0.39 is 17.5 Å². The van der Waals surface area contributed by atoms with Crippen molar-refractivity contribution < 1.29 is 18.1 Å². The summed E-state index contributed by atoms with van der Waals surface area (Å²) in [5, 5.41) is 6.23. The van der Waals surface area contributed by atoms with Crippen molar-refractivity contribution in [2.75, 3.05) is 5.32 Å². The minimum Gasteiger partial charge on any atom is -0.361 e. The highest BCUT2D eigenvalue weighted by Gasteiger charge is 2.16. The van der Waals surface area contributed by atoms with E-state index in [-0.39, 0.29) is 11.4 Å². The molecule has 1 N–H and O–H groups in total. The fourth-order valence-electron chi connectivity index (χ4n) is 2.33. The zero-order valence-corrected chi connectivity index (χ0v) is 12.9. The Hall–Kier alpha value is -3.09. The van der Waals surface area contributed by atoms with Crippen LogP contribution in [0.4, 0.5) is 14.5 Å². The van der Waals surface area contributed by atoms with Gasteiger partial charge in [-0.3, -0.25) is 4.79 Å². The van der Waals surface area contributed by atoms with Crippen LogP contribution in [0.15, 0.2) is 40.9 Å². The average molecular weight is 329 g/mol. The standard InChI is InChI=1S/C17H13F2N3O2/c1-9-16(10(2)24-22-9)14-4-3-5-15(20-14)17(23)21-13-7-6-11(18)8-12(13)19/h3-8H,1-2H3,(H,21,23). The molecule has 0 saturated carbocycles. The van der Waals surface area contributed by atoms with Gasteiger partial charge < -0.3 is 9.84 Å². The zero-order valence-electron chi connectivity index (χ0n) is 12.9. The molecule has 2 heterocycles. The van der Waals surface area contributed by atoms with Crippen molar-refractivity contribution >= 4 is 11.6 Å². The van der Waals surface area contributed by atoms with E-state index >= 15 is 0 Å². The van der Waals surface area contributed by atoms with Crippen LogP contribution in [0.25, 0.3) is 11.3 Å². The molecule has 122 valence electrons. The van der Waals surface area contributed by atoms with E-state index in [1.165, 1.54) is 6.07 Å². The summed E-state index contributed by atoms with van der Waals surface area (Å²) in [7, 11) is 0. The van der Waals surface area contributed by atoms with Gasteiger partial charge >= 0.3 is 0 Å². The molecule has 0 aliphatic heterocycles. The first-order valence-electron chi connectivity index (χ1n) is 7.12. The molecule has 0 atom stereocenters. The first-order valence-corrected chi connectivity index (χ1v) is 7.12. The molecule has 0 radical (unpaired) electrons. The number of pyridine rings is 1. The normalized spacial score (nSPS) is 10.7. The van der Waals surface area contributed by atoms with Gasteiger partial charge in [0.05, 0.1) is 22.6 Å². The first kappa shape index (κ1) is 15.8. The zero-order chi connectivity index (χ0) is 17.3. The van der Waals surface area contributed by atoms with Crippen LogP contribution < -0.4 is 5.32 Å². The summed E-state index contributed by atoms with van der Waals surface area (Å²) in [5.41, 5.74) is 1.86. The van der Waals surface area contributed by atoms with E-state index in [1.54, 1.807) is 26.0 Å². The maximum Gasteiger partial charge on any atom is 0.274 e. The Morgan fingerprint density at radius 3 is 2.62 bits per heavy atom. The third-order valence-corrected chi connectivity index (χ3v) is 3.45. The summed E-state index contributed by atoms with van der Waals surface area (Å²) in [6, 6.07) is 7.79. The Labute approximate surface area is 136 Å². The lowest BCUT2D eigenvalue weighted by atomic mass is 10.1. The van der Waals surface area contributed by atoms with Crippen LogP contribution in [0.2, 0.25) is 0 Å². The van der Waals surface area contributed by atoms with Crippen LogP contribution in [0.3, 0.4) is 0 Å². The van der Waals surface area contributed by atoms with E-state index in [9.17, 15) is 13.6 Å². The van der Waals surface area contributed by atoms with Crippen LogP contribution in [0.1, 0.15) is 21.9 Å². The number of amides is 1. The largest absolute Gasteiger partial charge is 0.361 e. The molecule has 0 unspecified atom stereocenters. The van der Waals surface area contributed by atoms with Crippen molar-refractivity contribution in [3.05, 3.63) is 65.2 Å². The fraction of sp³-hybridized carbons (Fsp3) is 0.118. The number of anilines is 1. The van der Waals surface area contributed by atoms with E-state index in [2.05, 4.69) is 15.5 Å². The average Bonchev–Trinajstić information content (AvgIpc) is 2.89. The van der Waals surface area contributed by atoms with Gasteiger partial charge in [0, 0.05) is 6.07 Å².